The molecule has 2 N–H and O–H groups in total. The minimum absolute atomic E-state index is 0. The Bertz CT molecular complexity index is 900. The Labute approximate surface area is 188 Å². The minimum atomic E-state index is 0. The predicted molar refractivity (Wildman–Crippen MR) is 126 cm³/mol. The molecular weight excluding hydrogens is 477 g/mol. The van der Waals surface area contributed by atoms with Crippen LogP contribution >= 0.6 is 24.0 Å². The molecule has 2 heterocycles. The number of benzene rings is 2. The molecule has 0 fully saturated rings. The van der Waals surface area contributed by atoms with E-state index in [0.717, 1.165) is 42.5 Å². The lowest BCUT2D eigenvalue weighted by Crippen LogP contribution is -2.42. The lowest BCUT2D eigenvalue weighted by atomic mass is 10.1. The maximum absolute atomic E-state index is 5.99. The summed E-state index contributed by atoms with van der Waals surface area (Å²) in [5, 5.41) is 11.0. The molecule has 29 heavy (non-hydrogen) atoms. The molecular formula is C22H26IN5O. The van der Waals surface area contributed by atoms with Gasteiger partial charge in [-0.15, -0.1) is 24.0 Å². The van der Waals surface area contributed by atoms with E-state index in [2.05, 4.69) is 59.1 Å². The molecule has 4 rings (SSSR count). The molecule has 0 amide bonds. The molecule has 0 aliphatic carbocycles. The van der Waals surface area contributed by atoms with Gasteiger partial charge in [0.05, 0.1) is 18.8 Å². The Kier molecular flexibility index (Phi) is 7.51. The summed E-state index contributed by atoms with van der Waals surface area (Å²) in [7, 11) is 0. The van der Waals surface area contributed by atoms with Gasteiger partial charge in [0.15, 0.2) is 5.96 Å². The van der Waals surface area contributed by atoms with Crippen molar-refractivity contribution in [3.63, 3.8) is 0 Å². The SMILES string of the molecule is CCNC(=NCc1ccc(-n2cccn2)cc1)NCC1Cc2ccccc2O1.I. The first-order valence-electron chi connectivity index (χ1n) is 9.67. The molecule has 0 saturated heterocycles. The number of nitrogens with one attached hydrogen (secondary N) is 2. The van der Waals surface area contributed by atoms with Crippen LogP contribution in [0.5, 0.6) is 5.75 Å². The van der Waals surface area contributed by atoms with Crippen molar-refractivity contribution in [1.82, 2.24) is 20.4 Å². The maximum atomic E-state index is 5.99. The third-order valence-corrected chi connectivity index (χ3v) is 4.68. The summed E-state index contributed by atoms with van der Waals surface area (Å²) in [6, 6.07) is 18.4. The van der Waals surface area contributed by atoms with E-state index in [1.807, 2.05) is 29.1 Å². The van der Waals surface area contributed by atoms with Gasteiger partial charge in [-0.25, -0.2) is 9.67 Å². The van der Waals surface area contributed by atoms with Crippen molar-refractivity contribution < 1.29 is 4.74 Å². The first kappa shape index (κ1) is 21.2. The molecule has 0 spiro atoms. The van der Waals surface area contributed by atoms with E-state index in [1.165, 1.54) is 5.56 Å². The van der Waals surface area contributed by atoms with E-state index in [0.29, 0.717) is 6.54 Å². The number of ether oxygens (including phenoxy) is 1. The summed E-state index contributed by atoms with van der Waals surface area (Å²) in [5.41, 5.74) is 3.46. The largest absolute Gasteiger partial charge is 0.488 e. The molecule has 2 aromatic carbocycles. The van der Waals surface area contributed by atoms with Crippen molar-refractivity contribution >= 4 is 29.9 Å². The quantitative estimate of drug-likeness (QED) is 0.307. The first-order valence-corrected chi connectivity index (χ1v) is 9.67. The zero-order chi connectivity index (χ0) is 19.2. The van der Waals surface area contributed by atoms with Crippen LogP contribution in [-0.4, -0.2) is 34.9 Å². The van der Waals surface area contributed by atoms with Crippen molar-refractivity contribution in [2.75, 3.05) is 13.1 Å². The number of rotatable bonds is 6. The summed E-state index contributed by atoms with van der Waals surface area (Å²) in [5.74, 6) is 1.80. The molecule has 0 bridgehead atoms. The predicted octanol–water partition coefficient (Wildman–Crippen LogP) is 3.55. The van der Waals surface area contributed by atoms with Crippen molar-refractivity contribution in [3.8, 4) is 11.4 Å². The van der Waals surface area contributed by atoms with Gasteiger partial charge in [0.2, 0.25) is 0 Å². The van der Waals surface area contributed by atoms with Gasteiger partial charge in [-0.05, 0) is 42.3 Å². The Balaban J connectivity index is 0.00000240. The van der Waals surface area contributed by atoms with Crippen LogP contribution in [0.1, 0.15) is 18.1 Å². The molecule has 1 atom stereocenters. The van der Waals surface area contributed by atoms with E-state index in [4.69, 9.17) is 9.73 Å². The van der Waals surface area contributed by atoms with E-state index in [1.54, 1.807) is 6.20 Å². The number of aromatic nitrogens is 2. The molecule has 1 aromatic heterocycles. The third kappa shape index (κ3) is 5.50. The van der Waals surface area contributed by atoms with Crippen molar-refractivity contribution in [3.05, 3.63) is 78.1 Å². The van der Waals surface area contributed by atoms with Crippen LogP contribution in [0.3, 0.4) is 0 Å². The molecule has 6 nitrogen and oxygen atoms in total. The molecule has 0 saturated carbocycles. The number of nitrogens with zero attached hydrogens (tertiary/aromatic N) is 3. The van der Waals surface area contributed by atoms with Crippen LogP contribution in [0.25, 0.3) is 5.69 Å². The van der Waals surface area contributed by atoms with Crippen molar-refractivity contribution in [1.29, 1.82) is 0 Å². The number of hydrogen-bond donors (Lipinski definition) is 2. The number of halogens is 1. The first-order chi connectivity index (χ1) is 13.8. The Hall–Kier alpha value is -2.55. The standard InChI is InChI=1S/C22H25N5O.HI/c1-2-23-22(25-16-20-14-18-6-3-4-7-21(18)28-20)24-15-17-8-10-19(11-9-17)27-13-5-12-26-27;/h3-13,20H,2,14-16H2,1H3,(H2,23,24,25);1H. The smallest absolute Gasteiger partial charge is 0.191 e. The van der Waals surface area contributed by atoms with Crippen LogP contribution in [0.4, 0.5) is 0 Å². The third-order valence-electron chi connectivity index (χ3n) is 4.68. The van der Waals surface area contributed by atoms with Gasteiger partial charge in [0.1, 0.15) is 11.9 Å². The fourth-order valence-corrected chi connectivity index (χ4v) is 3.27. The average molecular weight is 503 g/mol. The summed E-state index contributed by atoms with van der Waals surface area (Å²) < 4.78 is 7.84. The van der Waals surface area contributed by atoms with Crippen LogP contribution in [0.2, 0.25) is 0 Å². The highest BCUT2D eigenvalue weighted by Crippen LogP contribution is 2.27. The Morgan fingerprint density at radius 1 is 1.14 bits per heavy atom. The van der Waals surface area contributed by atoms with Gasteiger partial charge in [0.25, 0.3) is 0 Å². The molecule has 0 radical (unpaired) electrons. The normalized spacial score (nSPS) is 15.2. The average Bonchev–Trinajstić information content (AvgIpc) is 3.40. The monoisotopic (exact) mass is 503 g/mol. The van der Waals surface area contributed by atoms with Crippen molar-refractivity contribution in [2.45, 2.75) is 26.0 Å². The van der Waals surface area contributed by atoms with Gasteiger partial charge < -0.3 is 15.4 Å². The highest BCUT2D eigenvalue weighted by atomic mass is 127. The van der Waals surface area contributed by atoms with Crippen LogP contribution in [-0.2, 0) is 13.0 Å². The summed E-state index contributed by atoms with van der Waals surface area (Å²) in [4.78, 5) is 4.70. The maximum Gasteiger partial charge on any atom is 0.191 e. The second-order valence-electron chi connectivity index (χ2n) is 6.74. The molecule has 3 aromatic rings. The minimum Gasteiger partial charge on any atom is -0.488 e. The molecule has 1 unspecified atom stereocenters. The number of hydrogen-bond acceptors (Lipinski definition) is 3. The van der Waals surface area contributed by atoms with Gasteiger partial charge >= 0.3 is 0 Å². The summed E-state index contributed by atoms with van der Waals surface area (Å²) >= 11 is 0. The second kappa shape index (κ2) is 10.3. The van der Waals surface area contributed by atoms with E-state index in [9.17, 15) is 0 Å². The molecule has 1 aliphatic rings. The van der Waals surface area contributed by atoms with Gasteiger partial charge in [0, 0.05) is 25.4 Å². The zero-order valence-electron chi connectivity index (χ0n) is 16.4. The lowest BCUT2D eigenvalue weighted by Gasteiger charge is -2.15. The van der Waals surface area contributed by atoms with Gasteiger partial charge in [-0.3, -0.25) is 0 Å². The number of aliphatic imine (C=N–C) groups is 1. The highest BCUT2D eigenvalue weighted by molar-refractivity contribution is 14.0. The van der Waals surface area contributed by atoms with Crippen LogP contribution in [0.15, 0.2) is 72.0 Å². The molecule has 7 heteroatoms. The Morgan fingerprint density at radius 3 is 2.69 bits per heavy atom. The van der Waals surface area contributed by atoms with Crippen molar-refractivity contribution in [2.24, 2.45) is 4.99 Å². The van der Waals surface area contributed by atoms with E-state index >= 15 is 0 Å². The fraction of sp³-hybridized carbons (Fsp3) is 0.273. The topological polar surface area (TPSA) is 63.5 Å². The summed E-state index contributed by atoms with van der Waals surface area (Å²) in [6.45, 7) is 4.22. The second-order valence-corrected chi connectivity index (χ2v) is 6.74. The van der Waals surface area contributed by atoms with Gasteiger partial charge in [-0.2, -0.15) is 5.10 Å². The number of para-hydroxylation sites is 1. The summed E-state index contributed by atoms with van der Waals surface area (Å²) in [6.07, 6.45) is 4.77. The Morgan fingerprint density at radius 2 is 1.97 bits per heavy atom. The lowest BCUT2D eigenvalue weighted by molar-refractivity contribution is 0.235. The molecule has 1 aliphatic heterocycles. The fourth-order valence-electron chi connectivity index (χ4n) is 3.27. The van der Waals surface area contributed by atoms with Gasteiger partial charge in [-0.1, -0.05) is 30.3 Å². The zero-order valence-corrected chi connectivity index (χ0v) is 18.7. The van der Waals surface area contributed by atoms with E-state index < -0.39 is 0 Å². The highest BCUT2D eigenvalue weighted by Gasteiger charge is 2.22. The van der Waals surface area contributed by atoms with Crippen LogP contribution in [0, 0.1) is 0 Å². The number of guanidine groups is 1. The number of fused-ring (bicyclic) bond motifs is 1. The van der Waals surface area contributed by atoms with Crippen LogP contribution < -0.4 is 15.4 Å². The molecule has 152 valence electrons. The van der Waals surface area contributed by atoms with E-state index in [-0.39, 0.29) is 30.1 Å².